The second-order valence-corrected chi connectivity index (χ2v) is 2.82. The maximum absolute atomic E-state index is 11.1. The smallest absolute Gasteiger partial charge is 0.271 e. The molecular formula is C7H6Cl2N2O. The van der Waals surface area contributed by atoms with E-state index in [9.17, 15) is 4.79 Å². The molecule has 0 atom stereocenters. The van der Waals surface area contributed by atoms with Crippen LogP contribution >= 0.6 is 23.2 Å². The quantitative estimate of drug-likeness (QED) is 0.758. The van der Waals surface area contributed by atoms with E-state index in [1.807, 2.05) is 0 Å². The summed E-state index contributed by atoms with van der Waals surface area (Å²) in [6.45, 7) is 0. The SMILES string of the molecule is CNC(=O)c1nccc(Cl)c1Cl. The average molecular weight is 205 g/mol. The number of rotatable bonds is 1. The van der Waals surface area contributed by atoms with Crippen LogP contribution < -0.4 is 5.32 Å². The van der Waals surface area contributed by atoms with Crippen LogP contribution in [0.15, 0.2) is 12.3 Å². The van der Waals surface area contributed by atoms with E-state index < -0.39 is 0 Å². The van der Waals surface area contributed by atoms with Crippen LogP contribution in [0, 0.1) is 0 Å². The summed E-state index contributed by atoms with van der Waals surface area (Å²) < 4.78 is 0. The summed E-state index contributed by atoms with van der Waals surface area (Å²) in [7, 11) is 1.50. The Hall–Kier alpha value is -0.800. The van der Waals surface area contributed by atoms with E-state index in [1.54, 1.807) is 0 Å². The predicted molar refractivity (Wildman–Crippen MR) is 47.6 cm³/mol. The van der Waals surface area contributed by atoms with Gasteiger partial charge in [-0.15, -0.1) is 0 Å². The Balaban J connectivity index is 3.16. The molecule has 1 heterocycles. The number of nitrogens with one attached hydrogen (secondary N) is 1. The molecule has 0 bridgehead atoms. The number of amides is 1. The first-order valence-corrected chi connectivity index (χ1v) is 3.94. The molecule has 64 valence electrons. The lowest BCUT2D eigenvalue weighted by Crippen LogP contribution is -2.19. The van der Waals surface area contributed by atoms with Gasteiger partial charge in [-0.25, -0.2) is 4.98 Å². The van der Waals surface area contributed by atoms with Crippen molar-refractivity contribution in [2.24, 2.45) is 0 Å². The molecule has 1 rings (SSSR count). The van der Waals surface area contributed by atoms with Crippen molar-refractivity contribution in [2.45, 2.75) is 0 Å². The molecule has 0 radical (unpaired) electrons. The lowest BCUT2D eigenvalue weighted by atomic mass is 10.3. The minimum absolute atomic E-state index is 0.145. The molecule has 12 heavy (non-hydrogen) atoms. The van der Waals surface area contributed by atoms with Gasteiger partial charge in [0.05, 0.1) is 10.0 Å². The van der Waals surface area contributed by atoms with E-state index >= 15 is 0 Å². The largest absolute Gasteiger partial charge is 0.354 e. The number of carbonyl (C=O) groups is 1. The second kappa shape index (κ2) is 3.74. The summed E-state index contributed by atoms with van der Waals surface area (Å²) in [6, 6.07) is 1.52. The maximum atomic E-state index is 11.1. The highest BCUT2D eigenvalue weighted by Gasteiger charge is 2.11. The van der Waals surface area contributed by atoms with E-state index in [4.69, 9.17) is 23.2 Å². The lowest BCUT2D eigenvalue weighted by molar-refractivity contribution is 0.0958. The van der Waals surface area contributed by atoms with Crippen LogP contribution in [0.3, 0.4) is 0 Å². The molecule has 0 aliphatic rings. The fourth-order valence-corrected chi connectivity index (χ4v) is 1.04. The van der Waals surface area contributed by atoms with Crippen LogP contribution in [0.2, 0.25) is 10.0 Å². The van der Waals surface area contributed by atoms with Crippen LogP contribution in [-0.4, -0.2) is 17.9 Å². The van der Waals surface area contributed by atoms with Gasteiger partial charge in [-0.2, -0.15) is 0 Å². The summed E-state index contributed by atoms with van der Waals surface area (Å²) in [5, 5.41) is 2.91. The molecule has 0 aliphatic heterocycles. The molecule has 0 fully saturated rings. The first kappa shape index (κ1) is 9.29. The number of aromatic nitrogens is 1. The van der Waals surface area contributed by atoms with Crippen LogP contribution in [0.25, 0.3) is 0 Å². The second-order valence-electron chi connectivity index (χ2n) is 2.03. The van der Waals surface area contributed by atoms with E-state index in [-0.39, 0.29) is 16.6 Å². The third-order valence-electron chi connectivity index (χ3n) is 1.28. The molecule has 0 unspecified atom stereocenters. The van der Waals surface area contributed by atoms with Gasteiger partial charge in [0, 0.05) is 13.2 Å². The maximum Gasteiger partial charge on any atom is 0.271 e. The first-order valence-electron chi connectivity index (χ1n) is 3.19. The summed E-state index contributed by atoms with van der Waals surface area (Å²) in [6.07, 6.45) is 1.43. The Kier molecular flexibility index (Phi) is 2.89. The Labute approximate surface area is 79.7 Å². The van der Waals surface area contributed by atoms with E-state index in [0.717, 1.165) is 0 Å². The molecule has 0 aliphatic carbocycles. The van der Waals surface area contributed by atoms with Crippen molar-refractivity contribution < 1.29 is 4.79 Å². The van der Waals surface area contributed by atoms with Gasteiger partial charge in [0.1, 0.15) is 5.69 Å². The number of pyridine rings is 1. The molecular weight excluding hydrogens is 199 g/mol. The third-order valence-corrected chi connectivity index (χ3v) is 2.08. The van der Waals surface area contributed by atoms with Crippen LogP contribution in [0.1, 0.15) is 10.5 Å². The summed E-state index contributed by atoms with van der Waals surface area (Å²) in [4.78, 5) is 14.9. The zero-order valence-electron chi connectivity index (χ0n) is 6.27. The summed E-state index contributed by atoms with van der Waals surface area (Å²) in [5.41, 5.74) is 0.145. The predicted octanol–water partition coefficient (Wildman–Crippen LogP) is 1.75. The molecule has 5 heteroatoms. The fraction of sp³-hybridized carbons (Fsp3) is 0.143. The van der Waals surface area contributed by atoms with Crippen LogP contribution in [-0.2, 0) is 0 Å². The minimum atomic E-state index is -0.345. The number of hydrogen-bond acceptors (Lipinski definition) is 2. The number of hydrogen-bond donors (Lipinski definition) is 1. The van der Waals surface area contributed by atoms with Gasteiger partial charge < -0.3 is 5.32 Å². The highest BCUT2D eigenvalue weighted by atomic mass is 35.5. The van der Waals surface area contributed by atoms with E-state index in [1.165, 1.54) is 19.3 Å². The highest BCUT2D eigenvalue weighted by Crippen LogP contribution is 2.23. The highest BCUT2D eigenvalue weighted by molar-refractivity contribution is 6.43. The number of halogens is 2. The molecule has 0 spiro atoms. The molecule has 3 nitrogen and oxygen atoms in total. The monoisotopic (exact) mass is 204 g/mol. The van der Waals surface area contributed by atoms with Gasteiger partial charge in [0.2, 0.25) is 0 Å². The minimum Gasteiger partial charge on any atom is -0.354 e. The Morgan fingerprint density at radius 2 is 2.25 bits per heavy atom. The average Bonchev–Trinajstić information content (AvgIpc) is 2.08. The van der Waals surface area contributed by atoms with Crippen molar-refractivity contribution in [3.05, 3.63) is 28.0 Å². The van der Waals surface area contributed by atoms with Crippen molar-refractivity contribution in [1.29, 1.82) is 0 Å². The van der Waals surface area contributed by atoms with Gasteiger partial charge in [0.25, 0.3) is 5.91 Å². The Morgan fingerprint density at radius 1 is 1.58 bits per heavy atom. The molecule has 0 saturated carbocycles. The topological polar surface area (TPSA) is 42.0 Å². The first-order chi connectivity index (χ1) is 5.66. The summed E-state index contributed by atoms with van der Waals surface area (Å²) in [5.74, 6) is -0.345. The van der Waals surface area contributed by atoms with Crippen molar-refractivity contribution in [1.82, 2.24) is 10.3 Å². The van der Waals surface area contributed by atoms with Gasteiger partial charge in [-0.05, 0) is 6.07 Å². The van der Waals surface area contributed by atoms with Crippen molar-refractivity contribution in [2.75, 3.05) is 7.05 Å². The molecule has 1 aromatic rings. The van der Waals surface area contributed by atoms with Gasteiger partial charge in [-0.1, -0.05) is 23.2 Å². The van der Waals surface area contributed by atoms with Gasteiger partial charge in [-0.3, -0.25) is 4.79 Å². The van der Waals surface area contributed by atoms with Crippen molar-refractivity contribution in [3.8, 4) is 0 Å². The number of carbonyl (C=O) groups excluding carboxylic acids is 1. The normalized spacial score (nSPS) is 9.58. The van der Waals surface area contributed by atoms with Gasteiger partial charge >= 0.3 is 0 Å². The molecule has 0 saturated heterocycles. The molecule has 1 N–H and O–H groups in total. The van der Waals surface area contributed by atoms with E-state index in [2.05, 4.69) is 10.3 Å². The Bertz CT molecular complexity index is 314. The zero-order valence-corrected chi connectivity index (χ0v) is 7.78. The van der Waals surface area contributed by atoms with Crippen molar-refractivity contribution in [3.63, 3.8) is 0 Å². The van der Waals surface area contributed by atoms with Crippen LogP contribution in [0.4, 0.5) is 0 Å². The van der Waals surface area contributed by atoms with Crippen molar-refractivity contribution >= 4 is 29.1 Å². The molecule has 1 amide bonds. The number of nitrogens with zero attached hydrogens (tertiary/aromatic N) is 1. The summed E-state index contributed by atoms with van der Waals surface area (Å²) >= 11 is 11.4. The van der Waals surface area contributed by atoms with Gasteiger partial charge in [0.15, 0.2) is 0 Å². The van der Waals surface area contributed by atoms with Crippen LogP contribution in [0.5, 0.6) is 0 Å². The lowest BCUT2D eigenvalue weighted by Gasteiger charge is -2.01. The molecule has 0 aromatic carbocycles. The zero-order chi connectivity index (χ0) is 9.14. The Morgan fingerprint density at radius 3 is 2.83 bits per heavy atom. The van der Waals surface area contributed by atoms with E-state index in [0.29, 0.717) is 5.02 Å². The standard InChI is InChI=1S/C7H6Cl2N2O/c1-10-7(12)6-5(9)4(8)2-3-11-6/h2-3H,1H3,(H,10,12). The third kappa shape index (κ3) is 1.68. The fourth-order valence-electron chi connectivity index (χ4n) is 0.697. The molecule has 1 aromatic heterocycles.